The van der Waals surface area contributed by atoms with E-state index in [-0.39, 0.29) is 26.4 Å². The van der Waals surface area contributed by atoms with Crippen LogP contribution in [0.4, 0.5) is 9.59 Å². The lowest BCUT2D eigenvalue weighted by molar-refractivity contribution is -0.291. The van der Waals surface area contributed by atoms with Crippen LogP contribution in [-0.4, -0.2) is 62.2 Å². The summed E-state index contributed by atoms with van der Waals surface area (Å²) < 4.78 is 12.2. The van der Waals surface area contributed by atoms with Crippen molar-refractivity contribution >= 4 is 12.3 Å². The average molecular weight is 254 g/mol. The molecule has 0 atom stereocenters. The Labute approximate surface area is 97.1 Å². The van der Waals surface area contributed by atoms with Crippen molar-refractivity contribution in [2.45, 2.75) is 0 Å². The molecule has 9 nitrogen and oxygen atoms in total. The standard InChI is InChI=1S/C4H6O6.C4H10O3/c5-3(6)9-1-2-10-4(7)8;5-1-3-7-4-2-6/h1-2H2,(H,5,6)(H,7,8);5-6H,1-4H2/p-2. The van der Waals surface area contributed by atoms with Crippen molar-refractivity contribution in [2.75, 3.05) is 39.6 Å². The van der Waals surface area contributed by atoms with Crippen molar-refractivity contribution < 1.29 is 44.2 Å². The first kappa shape index (κ1) is 17.8. The highest BCUT2D eigenvalue weighted by Crippen LogP contribution is 1.75. The highest BCUT2D eigenvalue weighted by molar-refractivity contribution is 5.54. The van der Waals surface area contributed by atoms with Crippen LogP contribution in [0, 0.1) is 0 Å². The highest BCUT2D eigenvalue weighted by atomic mass is 16.7. The third-order valence-electron chi connectivity index (χ3n) is 0.994. The van der Waals surface area contributed by atoms with Crippen LogP contribution in [-0.2, 0) is 14.2 Å². The van der Waals surface area contributed by atoms with Gasteiger partial charge < -0.3 is 44.2 Å². The first-order chi connectivity index (χ1) is 8.04. The van der Waals surface area contributed by atoms with Gasteiger partial charge in [-0.25, -0.2) is 0 Å². The van der Waals surface area contributed by atoms with Crippen molar-refractivity contribution in [1.82, 2.24) is 0 Å². The normalized spacial score (nSPS) is 8.82. The number of rotatable bonds is 7. The fourth-order valence-corrected chi connectivity index (χ4v) is 0.481. The van der Waals surface area contributed by atoms with Crippen LogP contribution in [0.25, 0.3) is 0 Å². The van der Waals surface area contributed by atoms with Crippen molar-refractivity contribution in [3.63, 3.8) is 0 Å². The molecule has 0 heterocycles. The van der Waals surface area contributed by atoms with E-state index < -0.39 is 12.3 Å². The van der Waals surface area contributed by atoms with Crippen LogP contribution in [0.2, 0.25) is 0 Å². The first-order valence-corrected chi connectivity index (χ1v) is 4.51. The summed E-state index contributed by atoms with van der Waals surface area (Å²) >= 11 is 0. The van der Waals surface area contributed by atoms with Crippen LogP contribution in [0.15, 0.2) is 0 Å². The predicted octanol–water partition coefficient (Wildman–Crippen LogP) is -3.31. The van der Waals surface area contributed by atoms with E-state index in [1.807, 2.05) is 0 Å². The summed E-state index contributed by atoms with van der Waals surface area (Å²) in [5, 5.41) is 35.2. The molecule has 0 bridgehead atoms. The second-order valence-electron chi connectivity index (χ2n) is 2.26. The molecule has 0 amide bonds. The molecule has 102 valence electrons. The lowest BCUT2D eigenvalue weighted by atomic mass is 10.7. The van der Waals surface area contributed by atoms with Gasteiger partial charge in [-0.2, -0.15) is 0 Å². The zero-order valence-corrected chi connectivity index (χ0v) is 8.99. The van der Waals surface area contributed by atoms with Gasteiger partial charge in [0.1, 0.15) is 0 Å². The third kappa shape index (κ3) is 25.1. The predicted molar refractivity (Wildman–Crippen MR) is 47.7 cm³/mol. The first-order valence-electron chi connectivity index (χ1n) is 4.51. The molecular formula is C8H14O9-2. The molecule has 0 fully saturated rings. The topological polar surface area (TPSA) is 148 Å². The van der Waals surface area contributed by atoms with Gasteiger partial charge in [-0.15, -0.1) is 0 Å². The maximum atomic E-state index is 9.49. The molecule has 0 aromatic heterocycles. The summed E-state index contributed by atoms with van der Waals surface area (Å²) in [6.45, 7) is -0.0618. The summed E-state index contributed by atoms with van der Waals surface area (Å²) in [5.74, 6) is 0. The van der Waals surface area contributed by atoms with Gasteiger partial charge in [0, 0.05) is 13.2 Å². The summed E-state index contributed by atoms with van der Waals surface area (Å²) in [6, 6.07) is 0. The molecule has 0 spiro atoms. The Morgan fingerprint density at radius 2 is 1.18 bits per heavy atom. The number of carboxylic acid groups (broad SMARTS) is 2. The molecule has 0 radical (unpaired) electrons. The molecule has 0 aliphatic rings. The van der Waals surface area contributed by atoms with Crippen LogP contribution in [0.1, 0.15) is 0 Å². The molecule has 0 unspecified atom stereocenters. The number of carbonyl (C=O) groups is 2. The van der Waals surface area contributed by atoms with Gasteiger partial charge in [0.05, 0.1) is 26.4 Å². The summed E-state index contributed by atoms with van der Waals surface area (Å²) in [4.78, 5) is 19.0. The van der Waals surface area contributed by atoms with E-state index in [0.29, 0.717) is 13.2 Å². The zero-order chi connectivity index (χ0) is 13.5. The van der Waals surface area contributed by atoms with Crippen molar-refractivity contribution in [2.24, 2.45) is 0 Å². The molecule has 0 aliphatic heterocycles. The number of aliphatic hydroxyl groups excluding tert-OH is 2. The molecule has 17 heavy (non-hydrogen) atoms. The number of aliphatic hydroxyl groups is 2. The molecule has 0 aliphatic carbocycles. The Morgan fingerprint density at radius 3 is 1.41 bits per heavy atom. The number of ether oxygens (including phenoxy) is 3. The molecule has 0 saturated heterocycles. The van der Waals surface area contributed by atoms with E-state index in [0.717, 1.165) is 0 Å². The van der Waals surface area contributed by atoms with Crippen molar-refractivity contribution in [3.05, 3.63) is 0 Å². The summed E-state index contributed by atoms with van der Waals surface area (Å²) in [7, 11) is 0. The molecule has 0 rings (SSSR count). The minimum absolute atomic E-state index is 0.0278. The van der Waals surface area contributed by atoms with Gasteiger partial charge in [0.25, 0.3) is 12.3 Å². The fraction of sp³-hybridized carbons (Fsp3) is 0.750. The molecule has 2 N–H and O–H groups in total. The van der Waals surface area contributed by atoms with Gasteiger partial charge in [0.2, 0.25) is 0 Å². The fourth-order valence-electron chi connectivity index (χ4n) is 0.481. The van der Waals surface area contributed by atoms with E-state index >= 15 is 0 Å². The molecule has 0 aromatic carbocycles. The Balaban J connectivity index is 0. The van der Waals surface area contributed by atoms with Gasteiger partial charge >= 0.3 is 0 Å². The van der Waals surface area contributed by atoms with Crippen LogP contribution in [0.5, 0.6) is 0 Å². The second-order valence-corrected chi connectivity index (χ2v) is 2.26. The Kier molecular flexibility index (Phi) is 15.1. The lowest BCUT2D eigenvalue weighted by Gasteiger charge is -2.10. The van der Waals surface area contributed by atoms with Gasteiger partial charge in [0.15, 0.2) is 0 Å². The highest BCUT2D eigenvalue weighted by Gasteiger charge is 1.83. The van der Waals surface area contributed by atoms with Crippen LogP contribution in [0.3, 0.4) is 0 Å². The van der Waals surface area contributed by atoms with Gasteiger partial charge in [-0.1, -0.05) is 0 Å². The van der Waals surface area contributed by atoms with Crippen LogP contribution >= 0.6 is 0 Å². The monoisotopic (exact) mass is 254 g/mol. The molecule has 0 aromatic rings. The Morgan fingerprint density at radius 1 is 0.824 bits per heavy atom. The Bertz CT molecular complexity index is 173. The Hall–Kier alpha value is -1.58. The lowest BCUT2D eigenvalue weighted by Crippen LogP contribution is -2.28. The zero-order valence-electron chi connectivity index (χ0n) is 8.99. The molecule has 0 saturated carbocycles. The van der Waals surface area contributed by atoms with E-state index in [2.05, 4.69) is 14.2 Å². The SMILES string of the molecule is O=C([O-])OCCOC(=O)[O-].OCCOCCO. The largest absolute Gasteiger partial charge is 0.548 e. The summed E-state index contributed by atoms with van der Waals surface area (Å²) in [5.41, 5.74) is 0. The number of hydrogen-bond acceptors (Lipinski definition) is 9. The van der Waals surface area contributed by atoms with Crippen molar-refractivity contribution in [3.8, 4) is 0 Å². The van der Waals surface area contributed by atoms with Gasteiger partial charge in [-0.05, 0) is 0 Å². The van der Waals surface area contributed by atoms with Gasteiger partial charge in [-0.3, -0.25) is 0 Å². The van der Waals surface area contributed by atoms with Crippen LogP contribution < -0.4 is 10.2 Å². The molecule has 9 heteroatoms. The maximum Gasteiger partial charge on any atom is 0.252 e. The van der Waals surface area contributed by atoms with Crippen molar-refractivity contribution in [1.29, 1.82) is 0 Å². The van der Waals surface area contributed by atoms with E-state index in [1.165, 1.54) is 0 Å². The smallest absolute Gasteiger partial charge is 0.252 e. The quantitative estimate of drug-likeness (QED) is 0.351. The van der Waals surface area contributed by atoms with E-state index in [1.54, 1.807) is 0 Å². The number of carbonyl (C=O) groups excluding carboxylic acids is 2. The van der Waals surface area contributed by atoms with E-state index in [4.69, 9.17) is 10.2 Å². The minimum Gasteiger partial charge on any atom is -0.548 e. The number of hydrogen-bond donors (Lipinski definition) is 2. The molecular weight excluding hydrogens is 240 g/mol. The minimum atomic E-state index is -1.72. The maximum absolute atomic E-state index is 9.49. The summed E-state index contributed by atoms with van der Waals surface area (Å²) in [6.07, 6.45) is -3.44. The third-order valence-corrected chi connectivity index (χ3v) is 0.994. The average Bonchev–Trinajstić information content (AvgIpc) is 2.26. The van der Waals surface area contributed by atoms with E-state index in [9.17, 15) is 19.8 Å². The second kappa shape index (κ2) is 14.4.